The van der Waals surface area contributed by atoms with E-state index in [4.69, 9.17) is 11.5 Å². The van der Waals surface area contributed by atoms with Crippen molar-refractivity contribution in [3.63, 3.8) is 0 Å². The molecule has 408 valence electrons. The highest BCUT2D eigenvalue weighted by Gasteiger charge is 2.38. The number of para-hydroxylation sites is 1. The number of H-pyrrole nitrogens is 1. The van der Waals surface area contributed by atoms with Gasteiger partial charge in [0.2, 0.25) is 47.3 Å². The number of fused-ring (bicyclic) bond motifs is 1. The molecule has 0 unspecified atom stereocenters. The van der Waals surface area contributed by atoms with Crippen molar-refractivity contribution >= 4 is 97.7 Å². The third kappa shape index (κ3) is 16.9. The number of carbonyl (C=O) groups is 9. The van der Waals surface area contributed by atoms with Gasteiger partial charge in [0.15, 0.2) is 11.7 Å². The number of aliphatic imine (C=N–C) groups is 2. The lowest BCUT2D eigenvalue weighted by Gasteiger charge is -2.29. The first kappa shape index (κ1) is 58.0. The molecule has 3 aliphatic rings. The van der Waals surface area contributed by atoms with Gasteiger partial charge in [-0.05, 0) is 56.2 Å². The second kappa shape index (κ2) is 28.6. The van der Waals surface area contributed by atoms with Crippen LogP contribution in [0.25, 0.3) is 10.9 Å². The molecule has 0 spiro atoms. The fourth-order valence-electron chi connectivity index (χ4n) is 9.04. The van der Waals surface area contributed by atoms with Gasteiger partial charge in [0.25, 0.3) is 0 Å². The molecular weight excluding hydrogens is 1020 g/mol. The molecule has 8 atom stereocenters. The Morgan fingerprint density at radius 2 is 1.47 bits per heavy atom. The Bertz CT molecular complexity index is 2680. The van der Waals surface area contributed by atoms with Crippen LogP contribution in [0.5, 0.6) is 0 Å². The van der Waals surface area contributed by atoms with Crippen LogP contribution in [0, 0.1) is 0 Å². The number of carbonyl (C=O) groups excluding carboxylic acids is 9. The van der Waals surface area contributed by atoms with Gasteiger partial charge in [-0.25, -0.2) is 0 Å². The molecule has 23 nitrogen and oxygen atoms in total. The number of aromatic nitrogens is 1. The van der Waals surface area contributed by atoms with Crippen LogP contribution in [0.2, 0.25) is 0 Å². The van der Waals surface area contributed by atoms with Crippen molar-refractivity contribution in [3.8, 4) is 0 Å². The first-order valence-corrected chi connectivity index (χ1v) is 27.6. The first-order valence-electron chi connectivity index (χ1n) is 25.1. The standard InChI is InChI=1S/C51H67N13O10S2/c1-29(66)43-17-10-21-64(43)50(74)41(27-65)62-49(73)42-28-76-75-22-18-37(57-30(2)67)45(69)61-40(25-33-13-8-19-54-33)48(72)59-38(23-31-11-4-3-5-12-31)46(70)58-36(16-9-20-55-51(52)53)44(68)60-39(47(71)63-42)24-32-26-56-35-15-7-6-14-34(32)35/h3-7,11-15,19,26,36-43,56,65H,8-10,16-18,20-25,27-28H2,1-2H3,(H,57,67)(H,58,70)(H,59,72)(H,60,68)(H,61,69)(H,62,73)(H,63,71)(H4,52,53,55)/t36-,37-,38+,39-,40-,41-,42-,43-/m0/s1. The summed E-state index contributed by atoms with van der Waals surface area (Å²) in [7, 11) is 2.33. The van der Waals surface area contributed by atoms with Crippen LogP contribution in [0.3, 0.4) is 0 Å². The fourth-order valence-corrected chi connectivity index (χ4v) is 11.3. The highest BCUT2D eigenvalue weighted by atomic mass is 33.1. The largest absolute Gasteiger partial charge is 0.394 e. The maximum Gasteiger partial charge on any atom is 0.248 e. The minimum absolute atomic E-state index is 0.0397. The molecule has 2 aromatic carbocycles. The predicted octanol–water partition coefficient (Wildman–Crippen LogP) is -0.474. The van der Waals surface area contributed by atoms with Crippen LogP contribution in [-0.2, 0) is 56.0 Å². The number of rotatable bonds is 16. The Hall–Kier alpha value is -7.25. The summed E-state index contributed by atoms with van der Waals surface area (Å²) in [5.74, 6) is -6.34. The lowest BCUT2D eigenvalue weighted by atomic mass is 10.0. The predicted molar refractivity (Wildman–Crippen MR) is 289 cm³/mol. The second-order valence-electron chi connectivity index (χ2n) is 18.6. The molecule has 25 heteroatoms. The van der Waals surface area contributed by atoms with Crippen LogP contribution < -0.4 is 48.7 Å². The monoisotopic (exact) mass is 1090 g/mol. The fraction of sp³-hybridized carbons (Fsp3) is 0.471. The van der Waals surface area contributed by atoms with E-state index in [1.807, 2.05) is 24.3 Å². The Labute approximate surface area is 447 Å². The number of nitrogens with one attached hydrogen (secondary N) is 8. The third-order valence-corrected chi connectivity index (χ3v) is 15.4. The molecule has 0 saturated carbocycles. The van der Waals surface area contributed by atoms with Crippen LogP contribution in [0.1, 0.15) is 69.9 Å². The molecule has 1 aromatic heterocycles. The van der Waals surface area contributed by atoms with E-state index in [-0.39, 0.29) is 74.9 Å². The van der Waals surface area contributed by atoms with Gasteiger partial charge < -0.3 is 63.7 Å². The number of nitrogens with zero attached hydrogens (tertiary/aromatic N) is 3. The smallest absolute Gasteiger partial charge is 0.248 e. The number of hydrogen-bond acceptors (Lipinski definition) is 14. The van der Waals surface area contributed by atoms with Crippen LogP contribution in [0.4, 0.5) is 0 Å². The Morgan fingerprint density at radius 3 is 2.16 bits per heavy atom. The van der Waals surface area contributed by atoms with Crippen molar-refractivity contribution in [1.82, 2.24) is 47.1 Å². The summed E-state index contributed by atoms with van der Waals surface area (Å²) >= 11 is 0. The number of benzene rings is 2. The van der Waals surface area contributed by atoms with Gasteiger partial charge >= 0.3 is 0 Å². The maximum atomic E-state index is 14.8. The van der Waals surface area contributed by atoms with E-state index in [0.717, 1.165) is 21.7 Å². The number of likely N-dealkylation sites (tertiary alicyclic amines) is 1. The maximum absolute atomic E-state index is 14.8. The summed E-state index contributed by atoms with van der Waals surface area (Å²) in [6.07, 6.45) is 6.48. The molecule has 0 bridgehead atoms. The summed E-state index contributed by atoms with van der Waals surface area (Å²) in [5.41, 5.74) is 13.7. The van der Waals surface area contributed by atoms with Gasteiger partial charge in [-0.1, -0.05) is 76.2 Å². The molecule has 8 amide bonds. The molecular formula is C51H67N13O10S2. The number of nitrogens with two attached hydrogens (primary N) is 2. The number of allylic oxidation sites excluding steroid dienone is 1. The number of hydrogen-bond donors (Lipinski definition) is 11. The van der Waals surface area contributed by atoms with Gasteiger partial charge in [0, 0.05) is 86.2 Å². The van der Waals surface area contributed by atoms with E-state index in [2.05, 4.69) is 52.2 Å². The summed E-state index contributed by atoms with van der Waals surface area (Å²) < 4.78 is 0. The number of ketones is 1. The number of aliphatic hydroxyl groups excluding tert-OH is 1. The zero-order chi connectivity index (χ0) is 54.7. The van der Waals surface area contributed by atoms with E-state index in [1.54, 1.807) is 48.8 Å². The van der Waals surface area contributed by atoms with Crippen molar-refractivity contribution in [2.75, 3.05) is 31.2 Å². The number of aromatic amines is 1. The number of Topliss-reactive ketones (excluding diaryl/α,β-unsaturated/α-hetero) is 1. The normalized spacial score (nSPS) is 23.6. The molecule has 13 N–H and O–H groups in total. The molecule has 3 aliphatic heterocycles. The Balaban J connectivity index is 1.39. The quantitative estimate of drug-likeness (QED) is 0.0374. The average molecular weight is 1090 g/mol. The number of aliphatic hydroxyl groups is 1. The van der Waals surface area contributed by atoms with Gasteiger partial charge in [0.05, 0.1) is 12.6 Å². The van der Waals surface area contributed by atoms with Gasteiger partial charge in [-0.2, -0.15) is 0 Å². The van der Waals surface area contributed by atoms with Crippen molar-refractivity contribution in [2.45, 2.75) is 120 Å². The summed E-state index contributed by atoms with van der Waals surface area (Å²) in [6.45, 7) is 2.07. The topological polar surface area (TPSA) is 354 Å². The van der Waals surface area contributed by atoms with E-state index in [1.165, 1.54) is 29.5 Å². The van der Waals surface area contributed by atoms with Crippen molar-refractivity contribution in [2.24, 2.45) is 21.5 Å². The highest BCUT2D eigenvalue weighted by molar-refractivity contribution is 8.76. The number of guanidine groups is 1. The van der Waals surface area contributed by atoms with Crippen LogP contribution in [-0.4, -0.2) is 160 Å². The Morgan fingerprint density at radius 1 is 0.816 bits per heavy atom. The molecule has 6 rings (SSSR count). The zero-order valence-corrected chi connectivity index (χ0v) is 44.0. The van der Waals surface area contributed by atoms with Crippen LogP contribution in [0.15, 0.2) is 82.6 Å². The molecule has 0 aliphatic carbocycles. The minimum atomic E-state index is -1.48. The molecule has 2 saturated heterocycles. The summed E-state index contributed by atoms with van der Waals surface area (Å²) in [6, 6.07) is 5.91. The Kier molecular flexibility index (Phi) is 21.8. The van der Waals surface area contributed by atoms with Crippen molar-refractivity contribution < 1.29 is 48.3 Å². The van der Waals surface area contributed by atoms with Crippen LogP contribution >= 0.6 is 21.6 Å². The SMILES string of the molecule is CC(=O)N[C@H]1CCSSC[C@@H](C(=O)N[C@@H](CO)C(=O)N2CCC[C@H]2C(C)=O)NC(=O)[C@H](Cc2c[nH]c3ccccc23)NC(=O)[C@H](CCCN=C(N)N)NC(=O)[C@@H](Cc2ccccc2)NC(=O)[C@H](CC2=CCC=N2)NC1=O. The second-order valence-corrected chi connectivity index (χ2v) is 21.3. The first-order chi connectivity index (χ1) is 36.5. The van der Waals surface area contributed by atoms with Crippen molar-refractivity contribution in [3.05, 3.63) is 83.7 Å². The molecule has 2 fully saturated rings. The highest BCUT2D eigenvalue weighted by Crippen LogP contribution is 2.25. The molecule has 76 heavy (non-hydrogen) atoms. The van der Waals surface area contributed by atoms with Gasteiger partial charge in [-0.3, -0.25) is 53.1 Å². The summed E-state index contributed by atoms with van der Waals surface area (Å²) in [5, 5.41) is 30.3. The lowest BCUT2D eigenvalue weighted by molar-refractivity contribution is -0.141. The molecule has 3 aromatic rings. The molecule has 0 radical (unpaired) electrons. The van der Waals surface area contributed by atoms with E-state index in [0.29, 0.717) is 36.1 Å². The number of amides is 8. The third-order valence-electron chi connectivity index (χ3n) is 12.9. The van der Waals surface area contributed by atoms with E-state index in [9.17, 15) is 48.3 Å². The summed E-state index contributed by atoms with van der Waals surface area (Å²) in [4.78, 5) is 139. The van der Waals surface area contributed by atoms with Crippen molar-refractivity contribution in [1.29, 1.82) is 0 Å². The van der Waals surface area contributed by atoms with Gasteiger partial charge in [0.1, 0.15) is 42.3 Å². The van der Waals surface area contributed by atoms with Gasteiger partial charge in [-0.15, -0.1) is 0 Å². The lowest BCUT2D eigenvalue weighted by Crippen LogP contribution is -2.61. The minimum Gasteiger partial charge on any atom is -0.394 e. The van der Waals surface area contributed by atoms with E-state index >= 15 is 0 Å². The molecule has 4 heterocycles. The zero-order valence-electron chi connectivity index (χ0n) is 42.4. The van der Waals surface area contributed by atoms with E-state index < -0.39 is 102 Å². The average Bonchev–Trinajstić information content (AvgIpc) is 4.20.